The number of imidazole rings is 1. The van der Waals surface area contributed by atoms with Gasteiger partial charge < -0.3 is 15.6 Å². The van der Waals surface area contributed by atoms with E-state index in [-0.39, 0.29) is 0 Å². The average molecular weight is 276 g/mol. The Morgan fingerprint density at radius 2 is 2.05 bits per heavy atom. The van der Waals surface area contributed by atoms with Gasteiger partial charge in [0, 0.05) is 13.1 Å². The number of aromatic nitrogens is 4. The molecule has 0 saturated heterocycles. The van der Waals surface area contributed by atoms with Crippen molar-refractivity contribution in [1.82, 2.24) is 19.9 Å². The predicted octanol–water partition coefficient (Wildman–Crippen LogP) is 3.17. The summed E-state index contributed by atoms with van der Waals surface area (Å²) in [6, 6.07) is 0.450. The number of nitrogens with zero attached hydrogens (tertiary/aromatic N) is 3. The highest BCUT2D eigenvalue weighted by molar-refractivity contribution is 5.83. The quantitative estimate of drug-likeness (QED) is 0.690. The number of unbranched alkanes of at least 4 members (excludes halogenated alkanes) is 1. The first kappa shape index (κ1) is 14.6. The highest BCUT2D eigenvalue weighted by Gasteiger charge is 2.13. The number of H-pyrrole nitrogens is 1. The van der Waals surface area contributed by atoms with Crippen LogP contribution in [-0.2, 0) is 0 Å². The average Bonchev–Trinajstić information content (AvgIpc) is 2.93. The molecule has 0 aromatic carbocycles. The van der Waals surface area contributed by atoms with Crippen molar-refractivity contribution in [1.29, 1.82) is 0 Å². The topological polar surface area (TPSA) is 78.5 Å². The number of hydrogen-bond acceptors (Lipinski definition) is 5. The zero-order valence-electron chi connectivity index (χ0n) is 12.5. The van der Waals surface area contributed by atoms with Gasteiger partial charge in [-0.2, -0.15) is 9.97 Å². The molecule has 2 aromatic heterocycles. The van der Waals surface area contributed by atoms with Gasteiger partial charge in [0.2, 0.25) is 5.95 Å². The molecule has 0 aliphatic rings. The van der Waals surface area contributed by atoms with E-state index in [1.807, 2.05) is 7.05 Å². The Morgan fingerprint density at radius 3 is 2.75 bits per heavy atom. The number of hydrogen-bond donors (Lipinski definition) is 3. The Balaban J connectivity index is 2.23. The lowest BCUT2D eigenvalue weighted by atomic mass is 10.1. The van der Waals surface area contributed by atoms with E-state index in [9.17, 15) is 0 Å². The Kier molecular flexibility index (Phi) is 5.15. The molecule has 20 heavy (non-hydrogen) atoms. The predicted molar refractivity (Wildman–Crippen MR) is 83.1 cm³/mol. The van der Waals surface area contributed by atoms with Crippen molar-refractivity contribution < 1.29 is 0 Å². The van der Waals surface area contributed by atoms with E-state index in [2.05, 4.69) is 44.4 Å². The molecule has 0 bridgehead atoms. The van der Waals surface area contributed by atoms with E-state index < -0.39 is 0 Å². The van der Waals surface area contributed by atoms with Crippen LogP contribution in [0.1, 0.15) is 46.0 Å². The van der Waals surface area contributed by atoms with Crippen LogP contribution in [0.25, 0.3) is 11.2 Å². The summed E-state index contributed by atoms with van der Waals surface area (Å²) in [6.45, 7) is 4.44. The Bertz CT molecular complexity index is 535. The number of aromatic amines is 1. The van der Waals surface area contributed by atoms with E-state index in [1.54, 1.807) is 6.33 Å². The molecule has 2 heterocycles. The van der Waals surface area contributed by atoms with Crippen LogP contribution in [0, 0.1) is 0 Å². The van der Waals surface area contributed by atoms with E-state index in [1.165, 1.54) is 19.3 Å². The van der Waals surface area contributed by atoms with Crippen LogP contribution < -0.4 is 10.6 Å². The van der Waals surface area contributed by atoms with E-state index in [4.69, 9.17) is 0 Å². The van der Waals surface area contributed by atoms with Gasteiger partial charge in [0.1, 0.15) is 5.52 Å². The normalized spacial score (nSPS) is 12.6. The Morgan fingerprint density at radius 1 is 1.20 bits per heavy atom. The molecule has 1 atom stereocenters. The zero-order chi connectivity index (χ0) is 14.4. The molecule has 3 N–H and O–H groups in total. The third-order valence-electron chi connectivity index (χ3n) is 3.39. The van der Waals surface area contributed by atoms with Gasteiger partial charge in [0.25, 0.3) is 0 Å². The molecule has 0 aliphatic heterocycles. The first-order valence-electron chi connectivity index (χ1n) is 7.43. The van der Waals surface area contributed by atoms with E-state index >= 15 is 0 Å². The molecule has 0 spiro atoms. The first-order chi connectivity index (χ1) is 9.78. The first-order valence-corrected chi connectivity index (χ1v) is 7.43. The van der Waals surface area contributed by atoms with Crippen molar-refractivity contribution in [3.63, 3.8) is 0 Å². The van der Waals surface area contributed by atoms with Gasteiger partial charge >= 0.3 is 0 Å². The van der Waals surface area contributed by atoms with Gasteiger partial charge in [-0.25, -0.2) is 4.98 Å². The molecule has 2 aromatic rings. The molecular weight excluding hydrogens is 252 g/mol. The van der Waals surface area contributed by atoms with Crippen LogP contribution in [0.5, 0.6) is 0 Å². The Labute approximate surface area is 119 Å². The van der Waals surface area contributed by atoms with Crippen molar-refractivity contribution in [3.05, 3.63) is 6.33 Å². The maximum absolute atomic E-state index is 4.52. The fourth-order valence-corrected chi connectivity index (χ4v) is 2.33. The van der Waals surface area contributed by atoms with Crippen LogP contribution in [0.2, 0.25) is 0 Å². The third kappa shape index (κ3) is 3.37. The standard InChI is InChI=1S/C14H24N6/c1-4-6-8-10(7-5-2)18-13-11-12(17-9-16-11)19-14(15-3)20-13/h9-10H,4-8H2,1-3H3,(H3,15,16,17,18,19,20). The molecule has 6 heteroatoms. The van der Waals surface area contributed by atoms with Gasteiger partial charge in [-0.05, 0) is 12.8 Å². The van der Waals surface area contributed by atoms with Crippen LogP contribution in [-0.4, -0.2) is 33.0 Å². The second-order valence-corrected chi connectivity index (χ2v) is 5.02. The fraction of sp³-hybridized carbons (Fsp3) is 0.643. The summed E-state index contributed by atoms with van der Waals surface area (Å²) >= 11 is 0. The third-order valence-corrected chi connectivity index (χ3v) is 3.39. The van der Waals surface area contributed by atoms with Gasteiger partial charge in [-0.15, -0.1) is 0 Å². The van der Waals surface area contributed by atoms with Gasteiger partial charge in [-0.1, -0.05) is 33.1 Å². The van der Waals surface area contributed by atoms with E-state index in [0.717, 1.165) is 24.2 Å². The second kappa shape index (κ2) is 7.07. The largest absolute Gasteiger partial charge is 0.365 e. The maximum atomic E-state index is 4.52. The molecule has 0 amide bonds. The number of nitrogens with one attached hydrogen (secondary N) is 3. The Hall–Kier alpha value is -1.85. The molecular formula is C14H24N6. The lowest BCUT2D eigenvalue weighted by Crippen LogP contribution is -2.20. The SMILES string of the molecule is CCCCC(CCC)Nc1nc(NC)nc2nc[nH]c12. The van der Waals surface area contributed by atoms with Crippen LogP contribution in [0.4, 0.5) is 11.8 Å². The summed E-state index contributed by atoms with van der Waals surface area (Å²) in [5, 5.41) is 6.54. The summed E-state index contributed by atoms with van der Waals surface area (Å²) in [7, 11) is 1.82. The van der Waals surface area contributed by atoms with Gasteiger partial charge in [0.05, 0.1) is 6.33 Å². The van der Waals surface area contributed by atoms with Crippen molar-refractivity contribution in [2.75, 3.05) is 17.7 Å². The maximum Gasteiger partial charge on any atom is 0.226 e. The van der Waals surface area contributed by atoms with Gasteiger partial charge in [0.15, 0.2) is 11.5 Å². The molecule has 0 fully saturated rings. The molecule has 0 saturated carbocycles. The molecule has 110 valence electrons. The summed E-state index contributed by atoms with van der Waals surface area (Å²) < 4.78 is 0. The monoisotopic (exact) mass is 276 g/mol. The smallest absolute Gasteiger partial charge is 0.226 e. The highest BCUT2D eigenvalue weighted by atomic mass is 15.2. The molecule has 1 unspecified atom stereocenters. The summed E-state index contributed by atoms with van der Waals surface area (Å²) in [5.74, 6) is 1.43. The minimum Gasteiger partial charge on any atom is -0.365 e. The van der Waals surface area contributed by atoms with Crippen LogP contribution in [0.15, 0.2) is 6.33 Å². The lowest BCUT2D eigenvalue weighted by molar-refractivity contribution is 0.563. The minimum absolute atomic E-state index is 0.450. The van der Waals surface area contributed by atoms with E-state index in [0.29, 0.717) is 17.6 Å². The van der Waals surface area contributed by atoms with Crippen LogP contribution in [0.3, 0.4) is 0 Å². The number of rotatable bonds is 8. The summed E-state index contributed by atoms with van der Waals surface area (Å²) in [5.41, 5.74) is 1.57. The molecule has 0 aliphatic carbocycles. The molecule has 0 radical (unpaired) electrons. The minimum atomic E-state index is 0.450. The fourth-order valence-electron chi connectivity index (χ4n) is 2.33. The lowest BCUT2D eigenvalue weighted by Gasteiger charge is -2.19. The zero-order valence-corrected chi connectivity index (χ0v) is 12.5. The summed E-state index contributed by atoms with van der Waals surface area (Å²) in [6.07, 6.45) is 7.58. The molecule has 2 rings (SSSR count). The number of fused-ring (bicyclic) bond motifs is 1. The highest BCUT2D eigenvalue weighted by Crippen LogP contribution is 2.21. The van der Waals surface area contributed by atoms with Crippen molar-refractivity contribution in [2.24, 2.45) is 0 Å². The summed E-state index contributed by atoms with van der Waals surface area (Å²) in [4.78, 5) is 16.2. The van der Waals surface area contributed by atoms with Crippen LogP contribution >= 0.6 is 0 Å². The second-order valence-electron chi connectivity index (χ2n) is 5.02. The van der Waals surface area contributed by atoms with Crippen molar-refractivity contribution in [3.8, 4) is 0 Å². The van der Waals surface area contributed by atoms with Gasteiger partial charge in [-0.3, -0.25) is 0 Å². The number of anilines is 2. The molecule has 6 nitrogen and oxygen atoms in total. The van der Waals surface area contributed by atoms with Crippen molar-refractivity contribution >= 4 is 22.9 Å². The van der Waals surface area contributed by atoms with Crippen molar-refractivity contribution in [2.45, 2.75) is 52.0 Å².